The van der Waals surface area contributed by atoms with Gasteiger partial charge < -0.3 is 24.6 Å². The molecule has 3 rings (SSSR count). The molecule has 1 aliphatic carbocycles. The summed E-state index contributed by atoms with van der Waals surface area (Å²) in [6.45, 7) is 7.68. The number of hydrogen-bond acceptors (Lipinski definition) is 8. The zero-order valence-electron chi connectivity index (χ0n) is 20.0. The quantitative estimate of drug-likeness (QED) is 0.434. The minimum atomic E-state index is -1.00. The molecule has 0 spiro atoms. The van der Waals surface area contributed by atoms with Crippen molar-refractivity contribution in [1.29, 1.82) is 0 Å². The summed E-state index contributed by atoms with van der Waals surface area (Å²) in [7, 11) is 1.24. The number of phenols is 1. The molecule has 34 heavy (non-hydrogen) atoms. The normalized spacial score (nSPS) is 22.2. The SMILES string of the molecule is CCCOC(=O)C1=C(C)NC2=C(C(=O)[C@@H](C(=O)OC)[C@H](C)C2)[C@H]1c1cc(Cl)c(O)c(OCC)c1. The van der Waals surface area contributed by atoms with Gasteiger partial charge in [-0.3, -0.25) is 9.59 Å². The van der Waals surface area contributed by atoms with E-state index in [1.807, 2.05) is 13.8 Å². The Kier molecular flexibility index (Phi) is 7.92. The Labute approximate surface area is 203 Å². The third-order valence-corrected chi connectivity index (χ3v) is 6.37. The molecule has 0 amide bonds. The van der Waals surface area contributed by atoms with E-state index in [0.717, 1.165) is 0 Å². The van der Waals surface area contributed by atoms with Crippen LogP contribution in [0.25, 0.3) is 0 Å². The third-order valence-electron chi connectivity index (χ3n) is 6.08. The Morgan fingerprint density at radius 2 is 1.97 bits per heavy atom. The second-order valence-corrected chi connectivity index (χ2v) is 8.86. The Bertz CT molecular complexity index is 1080. The van der Waals surface area contributed by atoms with Gasteiger partial charge in [-0.25, -0.2) is 4.79 Å². The van der Waals surface area contributed by atoms with Crippen molar-refractivity contribution < 1.29 is 33.7 Å². The molecule has 8 nitrogen and oxygen atoms in total. The Morgan fingerprint density at radius 1 is 1.26 bits per heavy atom. The van der Waals surface area contributed by atoms with Gasteiger partial charge in [-0.15, -0.1) is 0 Å². The summed E-state index contributed by atoms with van der Waals surface area (Å²) in [5, 5.41) is 13.6. The van der Waals surface area contributed by atoms with E-state index in [1.165, 1.54) is 13.2 Å². The molecule has 9 heteroatoms. The maximum atomic E-state index is 13.7. The fourth-order valence-electron chi connectivity index (χ4n) is 4.58. The van der Waals surface area contributed by atoms with Crippen LogP contribution in [0.2, 0.25) is 5.02 Å². The van der Waals surface area contributed by atoms with Crippen LogP contribution in [-0.2, 0) is 23.9 Å². The minimum Gasteiger partial charge on any atom is -0.503 e. The van der Waals surface area contributed by atoms with E-state index in [2.05, 4.69) is 5.32 Å². The number of ketones is 1. The van der Waals surface area contributed by atoms with Gasteiger partial charge in [0.05, 0.1) is 30.9 Å². The lowest BCUT2D eigenvalue weighted by atomic mass is 9.69. The van der Waals surface area contributed by atoms with Crippen molar-refractivity contribution in [3.63, 3.8) is 0 Å². The van der Waals surface area contributed by atoms with Gasteiger partial charge in [0.15, 0.2) is 17.3 Å². The molecule has 0 saturated heterocycles. The number of halogens is 1. The summed E-state index contributed by atoms with van der Waals surface area (Å²) in [6.07, 6.45) is 1.04. The molecule has 3 atom stereocenters. The lowest BCUT2D eigenvalue weighted by molar-refractivity contribution is -0.151. The van der Waals surface area contributed by atoms with Crippen molar-refractivity contribution in [3.05, 3.63) is 45.3 Å². The fourth-order valence-corrected chi connectivity index (χ4v) is 4.80. The number of nitrogens with one attached hydrogen (secondary N) is 1. The van der Waals surface area contributed by atoms with Crippen LogP contribution < -0.4 is 10.1 Å². The van der Waals surface area contributed by atoms with Crippen LogP contribution in [0.1, 0.15) is 52.0 Å². The molecule has 0 unspecified atom stereocenters. The second-order valence-electron chi connectivity index (χ2n) is 8.45. The molecule has 2 N–H and O–H groups in total. The lowest BCUT2D eigenvalue weighted by Gasteiger charge is -2.38. The van der Waals surface area contributed by atoms with Gasteiger partial charge in [0, 0.05) is 22.9 Å². The number of hydrogen-bond donors (Lipinski definition) is 2. The number of rotatable bonds is 7. The van der Waals surface area contributed by atoms with E-state index in [0.29, 0.717) is 29.8 Å². The number of allylic oxidation sites excluding steroid dienone is 3. The van der Waals surface area contributed by atoms with E-state index >= 15 is 0 Å². The number of esters is 2. The van der Waals surface area contributed by atoms with Gasteiger partial charge in [0.25, 0.3) is 0 Å². The summed E-state index contributed by atoms with van der Waals surface area (Å²) >= 11 is 6.30. The zero-order valence-corrected chi connectivity index (χ0v) is 20.7. The number of phenolic OH excluding ortho intramolecular Hbond substituents is 1. The maximum Gasteiger partial charge on any atom is 0.336 e. The first-order valence-corrected chi connectivity index (χ1v) is 11.7. The van der Waals surface area contributed by atoms with E-state index < -0.39 is 29.6 Å². The van der Waals surface area contributed by atoms with Crippen LogP contribution in [0.3, 0.4) is 0 Å². The van der Waals surface area contributed by atoms with Gasteiger partial charge in [-0.2, -0.15) is 0 Å². The molecule has 0 aromatic heterocycles. The summed E-state index contributed by atoms with van der Waals surface area (Å²) in [6, 6.07) is 3.06. The molecule has 0 saturated carbocycles. The molecule has 0 radical (unpaired) electrons. The Hall–Kier alpha value is -3.00. The molecular weight excluding hydrogens is 462 g/mol. The van der Waals surface area contributed by atoms with Crippen molar-refractivity contribution in [3.8, 4) is 11.5 Å². The number of benzene rings is 1. The number of carbonyl (C=O) groups is 3. The van der Waals surface area contributed by atoms with Crippen LogP contribution in [-0.4, -0.2) is 43.2 Å². The molecule has 1 aliphatic heterocycles. The fraction of sp³-hybridized carbons (Fsp3) is 0.480. The van der Waals surface area contributed by atoms with Crippen LogP contribution >= 0.6 is 11.6 Å². The number of carbonyl (C=O) groups excluding carboxylic acids is 3. The van der Waals surface area contributed by atoms with Crippen molar-refractivity contribution in [2.24, 2.45) is 11.8 Å². The summed E-state index contributed by atoms with van der Waals surface area (Å²) in [4.78, 5) is 39.4. The number of methoxy groups -OCH3 is 1. The standard InChI is InChI=1S/C25H30ClNO7/c1-6-8-34-25(31)19-13(4)27-16-9-12(3)18(24(30)32-5)23(29)21(16)20(19)14-10-15(26)22(28)17(11-14)33-7-2/h10-12,18,20,27-28H,6-9H2,1-5H3/t12-,18+,20+/m1/s1. The zero-order chi connectivity index (χ0) is 25.2. The topological polar surface area (TPSA) is 111 Å². The average Bonchev–Trinajstić information content (AvgIpc) is 2.79. The molecule has 0 bridgehead atoms. The van der Waals surface area contributed by atoms with Crippen molar-refractivity contribution in [2.45, 2.75) is 46.5 Å². The van der Waals surface area contributed by atoms with Crippen LogP contribution in [0, 0.1) is 11.8 Å². The summed E-state index contributed by atoms with van der Waals surface area (Å²) < 4.78 is 15.9. The molecule has 2 aliphatic rings. The summed E-state index contributed by atoms with van der Waals surface area (Å²) in [5.41, 5.74) is 2.17. The highest BCUT2D eigenvalue weighted by atomic mass is 35.5. The highest BCUT2D eigenvalue weighted by molar-refractivity contribution is 6.32. The van der Waals surface area contributed by atoms with Crippen LogP contribution in [0.5, 0.6) is 11.5 Å². The number of Topliss-reactive ketones (excluding diaryl/α,β-unsaturated/α-hetero) is 1. The molecule has 1 heterocycles. The highest BCUT2D eigenvalue weighted by Crippen LogP contribution is 2.48. The Balaban J connectivity index is 2.24. The second kappa shape index (κ2) is 10.5. The molecular formula is C25H30ClNO7. The molecule has 1 aromatic carbocycles. The van der Waals surface area contributed by atoms with E-state index in [1.54, 1.807) is 19.9 Å². The molecule has 0 fully saturated rings. The highest BCUT2D eigenvalue weighted by Gasteiger charge is 2.47. The minimum absolute atomic E-state index is 0.0155. The van der Waals surface area contributed by atoms with Gasteiger partial charge in [-0.05, 0) is 50.3 Å². The van der Waals surface area contributed by atoms with Crippen LogP contribution in [0.15, 0.2) is 34.7 Å². The van der Waals surface area contributed by atoms with Crippen molar-refractivity contribution in [2.75, 3.05) is 20.3 Å². The average molecular weight is 492 g/mol. The van der Waals surface area contributed by atoms with Gasteiger partial charge >= 0.3 is 11.9 Å². The van der Waals surface area contributed by atoms with Crippen molar-refractivity contribution in [1.82, 2.24) is 5.32 Å². The van der Waals surface area contributed by atoms with Crippen LogP contribution in [0.4, 0.5) is 0 Å². The molecule has 1 aromatic rings. The van der Waals surface area contributed by atoms with E-state index in [9.17, 15) is 19.5 Å². The smallest absolute Gasteiger partial charge is 0.336 e. The predicted octanol–water partition coefficient (Wildman–Crippen LogP) is 4.01. The first-order valence-electron chi connectivity index (χ1n) is 11.3. The number of aromatic hydroxyl groups is 1. The number of dihydropyridines is 1. The Morgan fingerprint density at radius 3 is 2.59 bits per heavy atom. The maximum absolute atomic E-state index is 13.7. The monoisotopic (exact) mass is 491 g/mol. The van der Waals surface area contributed by atoms with E-state index in [-0.39, 0.29) is 46.8 Å². The van der Waals surface area contributed by atoms with E-state index in [4.69, 9.17) is 25.8 Å². The van der Waals surface area contributed by atoms with Crippen molar-refractivity contribution >= 4 is 29.3 Å². The first-order chi connectivity index (χ1) is 16.2. The molecule has 184 valence electrons. The van der Waals surface area contributed by atoms with Gasteiger partial charge in [0.2, 0.25) is 0 Å². The summed E-state index contributed by atoms with van der Waals surface area (Å²) in [5.74, 6) is -3.89. The lowest BCUT2D eigenvalue weighted by Crippen LogP contribution is -2.43. The van der Waals surface area contributed by atoms with Gasteiger partial charge in [-0.1, -0.05) is 25.4 Å². The largest absolute Gasteiger partial charge is 0.503 e. The number of ether oxygens (including phenoxy) is 3. The third kappa shape index (κ3) is 4.64. The first kappa shape index (κ1) is 25.6. The predicted molar refractivity (Wildman–Crippen MR) is 125 cm³/mol. The van der Waals surface area contributed by atoms with Gasteiger partial charge in [0.1, 0.15) is 5.92 Å².